The summed E-state index contributed by atoms with van der Waals surface area (Å²) in [4.78, 5) is 2.10. The van der Waals surface area contributed by atoms with Gasteiger partial charge < -0.3 is 4.42 Å². The van der Waals surface area contributed by atoms with Crippen molar-refractivity contribution in [1.29, 1.82) is 0 Å². The van der Waals surface area contributed by atoms with Crippen molar-refractivity contribution in [2.24, 2.45) is 0 Å². The fourth-order valence-electron chi connectivity index (χ4n) is 2.85. The van der Waals surface area contributed by atoms with Gasteiger partial charge in [0.05, 0.1) is 6.54 Å². The van der Waals surface area contributed by atoms with E-state index in [2.05, 4.69) is 17.0 Å². The number of nitrogens with zero attached hydrogens (tertiary/aromatic N) is 2. The Balaban J connectivity index is 1.65. The SMILES string of the molecule is CN(Cc1ccccc1)Cc1ccc(S(=O)(=O)N2CCCC2)o1. The van der Waals surface area contributed by atoms with Gasteiger partial charge in [0.1, 0.15) is 5.76 Å². The van der Waals surface area contributed by atoms with Crippen molar-refractivity contribution in [2.45, 2.75) is 31.0 Å². The van der Waals surface area contributed by atoms with Crippen LogP contribution in [0.3, 0.4) is 0 Å². The zero-order valence-corrected chi connectivity index (χ0v) is 14.1. The van der Waals surface area contributed by atoms with Crippen LogP contribution in [0.25, 0.3) is 0 Å². The summed E-state index contributed by atoms with van der Waals surface area (Å²) in [6.45, 7) is 2.54. The third-order valence-corrected chi connectivity index (χ3v) is 5.79. The molecule has 1 saturated heterocycles. The molecular weight excluding hydrogens is 312 g/mol. The molecule has 0 radical (unpaired) electrons. The van der Waals surface area contributed by atoms with Crippen molar-refractivity contribution in [2.75, 3.05) is 20.1 Å². The Hall–Kier alpha value is -1.63. The van der Waals surface area contributed by atoms with Gasteiger partial charge in [-0.2, -0.15) is 4.31 Å². The molecule has 0 saturated carbocycles. The third-order valence-electron chi connectivity index (χ3n) is 4.02. The van der Waals surface area contributed by atoms with Crippen LogP contribution in [0.1, 0.15) is 24.2 Å². The van der Waals surface area contributed by atoms with E-state index in [1.807, 2.05) is 25.2 Å². The van der Waals surface area contributed by atoms with Crippen molar-refractivity contribution >= 4 is 10.0 Å². The first kappa shape index (κ1) is 16.2. The largest absolute Gasteiger partial charge is 0.447 e. The van der Waals surface area contributed by atoms with E-state index >= 15 is 0 Å². The Labute approximate surface area is 137 Å². The summed E-state index contributed by atoms with van der Waals surface area (Å²) in [7, 11) is -1.47. The van der Waals surface area contributed by atoms with E-state index in [0.29, 0.717) is 25.4 Å². The normalized spacial score (nSPS) is 16.3. The summed E-state index contributed by atoms with van der Waals surface area (Å²) in [5.41, 5.74) is 1.21. The molecule has 0 spiro atoms. The molecule has 1 fully saturated rings. The molecule has 1 aliphatic heterocycles. The minimum Gasteiger partial charge on any atom is -0.447 e. The van der Waals surface area contributed by atoms with Gasteiger partial charge in [-0.1, -0.05) is 30.3 Å². The standard InChI is InChI=1S/C17H22N2O3S/c1-18(13-15-7-3-2-4-8-15)14-16-9-10-17(22-16)23(20,21)19-11-5-6-12-19/h2-4,7-10H,5-6,11-14H2,1H3. The molecule has 0 aliphatic carbocycles. The molecule has 124 valence electrons. The van der Waals surface area contributed by atoms with Crippen LogP contribution in [-0.4, -0.2) is 37.8 Å². The van der Waals surface area contributed by atoms with Gasteiger partial charge in [0.25, 0.3) is 10.0 Å². The maximum absolute atomic E-state index is 12.4. The molecule has 2 heterocycles. The first-order valence-electron chi connectivity index (χ1n) is 7.87. The fraction of sp³-hybridized carbons (Fsp3) is 0.412. The first-order chi connectivity index (χ1) is 11.1. The minimum atomic E-state index is -3.46. The Morgan fingerprint density at radius 3 is 2.43 bits per heavy atom. The first-order valence-corrected chi connectivity index (χ1v) is 9.31. The highest BCUT2D eigenvalue weighted by molar-refractivity contribution is 7.89. The lowest BCUT2D eigenvalue weighted by Crippen LogP contribution is -2.27. The number of rotatable bonds is 6. The predicted molar refractivity (Wildman–Crippen MR) is 88.3 cm³/mol. The van der Waals surface area contributed by atoms with Crippen molar-refractivity contribution < 1.29 is 12.8 Å². The van der Waals surface area contributed by atoms with E-state index in [-0.39, 0.29) is 5.09 Å². The maximum Gasteiger partial charge on any atom is 0.276 e. The van der Waals surface area contributed by atoms with Gasteiger partial charge in [-0.25, -0.2) is 8.42 Å². The lowest BCUT2D eigenvalue weighted by atomic mass is 10.2. The minimum absolute atomic E-state index is 0.0579. The summed E-state index contributed by atoms with van der Waals surface area (Å²) in [5, 5.41) is 0.0579. The number of hydrogen-bond acceptors (Lipinski definition) is 4. The summed E-state index contributed by atoms with van der Waals surface area (Å²) < 4.78 is 32.0. The molecule has 6 heteroatoms. The van der Waals surface area contributed by atoms with Crippen molar-refractivity contribution in [3.8, 4) is 0 Å². The van der Waals surface area contributed by atoms with Gasteiger partial charge in [0, 0.05) is 19.6 Å². The molecule has 0 amide bonds. The molecule has 1 aliphatic rings. The van der Waals surface area contributed by atoms with Crippen LogP contribution in [0.5, 0.6) is 0 Å². The number of hydrogen-bond donors (Lipinski definition) is 0. The highest BCUT2D eigenvalue weighted by Gasteiger charge is 2.29. The molecule has 0 N–H and O–H groups in total. The van der Waals surface area contributed by atoms with Gasteiger partial charge >= 0.3 is 0 Å². The number of furan rings is 1. The van der Waals surface area contributed by atoms with E-state index in [4.69, 9.17) is 4.42 Å². The second-order valence-electron chi connectivity index (χ2n) is 5.99. The van der Waals surface area contributed by atoms with Crippen LogP contribution in [0.4, 0.5) is 0 Å². The van der Waals surface area contributed by atoms with Gasteiger partial charge in [-0.15, -0.1) is 0 Å². The quantitative estimate of drug-likeness (QED) is 0.815. The van der Waals surface area contributed by atoms with E-state index in [1.165, 1.54) is 9.87 Å². The molecule has 0 unspecified atom stereocenters. The van der Waals surface area contributed by atoms with Crippen LogP contribution < -0.4 is 0 Å². The average Bonchev–Trinajstić information content (AvgIpc) is 3.20. The Morgan fingerprint density at radius 1 is 1.04 bits per heavy atom. The lowest BCUT2D eigenvalue weighted by Gasteiger charge is -2.15. The van der Waals surface area contributed by atoms with Crippen LogP contribution in [0.2, 0.25) is 0 Å². The predicted octanol–water partition coefficient (Wildman–Crippen LogP) is 2.70. The van der Waals surface area contributed by atoms with E-state index in [1.54, 1.807) is 12.1 Å². The summed E-state index contributed by atoms with van der Waals surface area (Å²) >= 11 is 0. The highest BCUT2D eigenvalue weighted by Crippen LogP contribution is 2.23. The van der Waals surface area contributed by atoms with Crippen LogP contribution in [0.15, 0.2) is 52.0 Å². The van der Waals surface area contributed by atoms with E-state index in [0.717, 1.165) is 19.4 Å². The fourth-order valence-corrected chi connectivity index (χ4v) is 4.30. The van der Waals surface area contributed by atoms with Crippen LogP contribution >= 0.6 is 0 Å². The Bertz CT molecular complexity index is 734. The summed E-state index contributed by atoms with van der Waals surface area (Å²) in [6.07, 6.45) is 1.85. The average molecular weight is 334 g/mol. The number of sulfonamides is 1. The molecule has 1 aromatic carbocycles. The number of benzene rings is 1. The zero-order valence-electron chi connectivity index (χ0n) is 13.3. The monoisotopic (exact) mass is 334 g/mol. The Kier molecular flexibility index (Phi) is 4.84. The molecule has 3 rings (SSSR count). The van der Waals surface area contributed by atoms with Gasteiger partial charge in [-0.3, -0.25) is 4.90 Å². The van der Waals surface area contributed by atoms with E-state index in [9.17, 15) is 8.42 Å². The van der Waals surface area contributed by atoms with Crippen molar-refractivity contribution in [3.05, 3.63) is 53.8 Å². The smallest absolute Gasteiger partial charge is 0.276 e. The second-order valence-corrected chi connectivity index (χ2v) is 7.86. The molecule has 5 nitrogen and oxygen atoms in total. The van der Waals surface area contributed by atoms with Crippen LogP contribution in [0, 0.1) is 0 Å². The van der Waals surface area contributed by atoms with E-state index < -0.39 is 10.0 Å². The maximum atomic E-state index is 12.4. The highest BCUT2D eigenvalue weighted by atomic mass is 32.2. The van der Waals surface area contributed by atoms with Gasteiger partial charge in [0.15, 0.2) is 0 Å². The zero-order chi connectivity index (χ0) is 16.3. The van der Waals surface area contributed by atoms with Crippen molar-refractivity contribution in [1.82, 2.24) is 9.21 Å². The molecular formula is C17H22N2O3S. The lowest BCUT2D eigenvalue weighted by molar-refractivity contribution is 0.273. The summed E-state index contributed by atoms with van der Waals surface area (Å²) in [5.74, 6) is 0.668. The molecule has 1 aromatic heterocycles. The van der Waals surface area contributed by atoms with Crippen LogP contribution in [-0.2, 0) is 23.1 Å². The topological polar surface area (TPSA) is 53.8 Å². The molecule has 0 atom stereocenters. The molecule has 0 bridgehead atoms. The second kappa shape index (κ2) is 6.86. The molecule has 23 heavy (non-hydrogen) atoms. The molecule has 2 aromatic rings. The van der Waals surface area contributed by atoms with Crippen molar-refractivity contribution in [3.63, 3.8) is 0 Å². The van der Waals surface area contributed by atoms with Gasteiger partial charge in [0.2, 0.25) is 5.09 Å². The third kappa shape index (κ3) is 3.83. The Morgan fingerprint density at radius 2 is 1.74 bits per heavy atom. The van der Waals surface area contributed by atoms with Gasteiger partial charge in [-0.05, 0) is 37.6 Å². The summed E-state index contributed by atoms with van der Waals surface area (Å²) in [6, 6.07) is 13.5.